The second-order valence-electron chi connectivity index (χ2n) is 7.15. The number of rotatable bonds is 7. The van der Waals surface area contributed by atoms with Crippen molar-refractivity contribution in [3.63, 3.8) is 0 Å². The first-order chi connectivity index (χ1) is 13.8. The lowest BCUT2D eigenvalue weighted by Crippen LogP contribution is -2.39. The van der Waals surface area contributed by atoms with E-state index in [-0.39, 0.29) is 0 Å². The van der Waals surface area contributed by atoms with E-state index in [0.717, 1.165) is 45.4 Å². The molecule has 0 bridgehead atoms. The second kappa shape index (κ2) is 10.7. The van der Waals surface area contributed by atoms with Gasteiger partial charge in [0.05, 0.1) is 19.8 Å². The zero-order valence-electron chi connectivity index (χ0n) is 17.0. The van der Waals surface area contributed by atoms with Crippen LogP contribution in [-0.2, 0) is 11.3 Å². The molecule has 1 heterocycles. The van der Waals surface area contributed by atoms with Crippen LogP contribution < -0.4 is 15.5 Å². The molecule has 1 atom stereocenters. The maximum Gasteiger partial charge on any atom is 0.191 e. The molecule has 3 rings (SSSR count). The predicted molar refractivity (Wildman–Crippen MR) is 117 cm³/mol. The molecule has 2 N–H and O–H groups in total. The Morgan fingerprint density at radius 1 is 1.04 bits per heavy atom. The number of guanidine groups is 1. The zero-order valence-corrected chi connectivity index (χ0v) is 17.0. The molecule has 1 saturated heterocycles. The van der Waals surface area contributed by atoms with Gasteiger partial charge in [-0.2, -0.15) is 0 Å². The number of anilines is 1. The first-order valence-electron chi connectivity index (χ1n) is 10.2. The third kappa shape index (κ3) is 5.99. The SMILES string of the molecule is CCNC(=NCc1ccc(N2CCOCC2)cc1)NCC(C)c1ccccc1. The summed E-state index contributed by atoms with van der Waals surface area (Å²) in [7, 11) is 0. The Kier molecular flexibility index (Phi) is 7.73. The van der Waals surface area contributed by atoms with E-state index in [4.69, 9.17) is 9.73 Å². The molecule has 1 aliphatic heterocycles. The van der Waals surface area contributed by atoms with E-state index in [1.165, 1.54) is 16.8 Å². The van der Waals surface area contributed by atoms with Crippen molar-refractivity contribution in [2.24, 2.45) is 4.99 Å². The maximum atomic E-state index is 5.43. The van der Waals surface area contributed by atoms with Crippen molar-refractivity contribution in [2.75, 3.05) is 44.3 Å². The fourth-order valence-corrected chi connectivity index (χ4v) is 3.30. The van der Waals surface area contributed by atoms with E-state index in [9.17, 15) is 0 Å². The molecular formula is C23H32N4O. The number of aliphatic imine (C=N–C) groups is 1. The van der Waals surface area contributed by atoms with Gasteiger partial charge in [-0.1, -0.05) is 49.4 Å². The summed E-state index contributed by atoms with van der Waals surface area (Å²) in [5, 5.41) is 6.81. The minimum Gasteiger partial charge on any atom is -0.378 e. The van der Waals surface area contributed by atoms with Crippen molar-refractivity contribution in [1.29, 1.82) is 0 Å². The molecule has 5 heteroatoms. The van der Waals surface area contributed by atoms with Crippen LogP contribution in [0.2, 0.25) is 0 Å². The van der Waals surface area contributed by atoms with Gasteiger partial charge in [0.15, 0.2) is 5.96 Å². The summed E-state index contributed by atoms with van der Waals surface area (Å²) in [4.78, 5) is 7.12. The van der Waals surface area contributed by atoms with Crippen LogP contribution in [0.15, 0.2) is 59.6 Å². The van der Waals surface area contributed by atoms with Crippen molar-refractivity contribution in [3.05, 3.63) is 65.7 Å². The van der Waals surface area contributed by atoms with Crippen molar-refractivity contribution in [1.82, 2.24) is 10.6 Å². The van der Waals surface area contributed by atoms with Crippen LogP contribution in [0.4, 0.5) is 5.69 Å². The first-order valence-corrected chi connectivity index (χ1v) is 10.2. The number of morpholine rings is 1. The topological polar surface area (TPSA) is 48.9 Å². The number of nitrogens with one attached hydrogen (secondary N) is 2. The standard InChI is InChI=1S/C23H32N4O/c1-3-24-23(25-17-19(2)21-7-5-4-6-8-21)26-18-20-9-11-22(12-10-20)27-13-15-28-16-14-27/h4-12,19H,3,13-18H2,1-2H3,(H2,24,25,26). The van der Waals surface area contributed by atoms with Gasteiger partial charge in [-0.15, -0.1) is 0 Å². The van der Waals surface area contributed by atoms with Crippen molar-refractivity contribution >= 4 is 11.6 Å². The molecule has 28 heavy (non-hydrogen) atoms. The third-order valence-electron chi connectivity index (χ3n) is 5.02. The summed E-state index contributed by atoms with van der Waals surface area (Å²) in [6, 6.07) is 19.3. The molecule has 1 fully saturated rings. The Hall–Kier alpha value is -2.53. The molecular weight excluding hydrogens is 348 g/mol. The number of hydrogen-bond donors (Lipinski definition) is 2. The smallest absolute Gasteiger partial charge is 0.191 e. The Labute approximate surface area is 168 Å². The number of nitrogens with zero attached hydrogens (tertiary/aromatic N) is 2. The lowest BCUT2D eigenvalue weighted by atomic mass is 10.0. The second-order valence-corrected chi connectivity index (χ2v) is 7.15. The molecule has 1 aliphatic rings. The Morgan fingerprint density at radius 3 is 2.43 bits per heavy atom. The lowest BCUT2D eigenvalue weighted by Gasteiger charge is -2.28. The van der Waals surface area contributed by atoms with E-state index in [1.807, 2.05) is 0 Å². The highest BCUT2D eigenvalue weighted by Gasteiger charge is 2.11. The minimum absolute atomic E-state index is 0.429. The largest absolute Gasteiger partial charge is 0.378 e. The Balaban J connectivity index is 1.54. The highest BCUT2D eigenvalue weighted by Crippen LogP contribution is 2.17. The third-order valence-corrected chi connectivity index (χ3v) is 5.02. The number of ether oxygens (including phenoxy) is 1. The molecule has 0 aliphatic carbocycles. The van der Waals surface area contributed by atoms with Crippen molar-refractivity contribution in [2.45, 2.75) is 26.3 Å². The van der Waals surface area contributed by atoms with Crippen molar-refractivity contribution < 1.29 is 4.74 Å². The lowest BCUT2D eigenvalue weighted by molar-refractivity contribution is 0.122. The van der Waals surface area contributed by atoms with Gasteiger partial charge in [0.2, 0.25) is 0 Å². The van der Waals surface area contributed by atoms with E-state index in [0.29, 0.717) is 12.5 Å². The van der Waals surface area contributed by atoms with E-state index in [1.54, 1.807) is 0 Å². The molecule has 5 nitrogen and oxygen atoms in total. The zero-order chi connectivity index (χ0) is 19.6. The highest BCUT2D eigenvalue weighted by atomic mass is 16.5. The van der Waals surface area contributed by atoms with Crippen LogP contribution in [0.25, 0.3) is 0 Å². The molecule has 0 amide bonds. The van der Waals surface area contributed by atoms with Gasteiger partial charge in [-0.05, 0) is 36.1 Å². The van der Waals surface area contributed by atoms with Crippen LogP contribution in [-0.4, -0.2) is 45.4 Å². The Morgan fingerprint density at radius 2 is 1.75 bits per heavy atom. The normalized spacial score (nSPS) is 15.9. The van der Waals surface area contributed by atoms with Gasteiger partial charge in [0, 0.05) is 31.9 Å². The van der Waals surface area contributed by atoms with Crippen LogP contribution >= 0.6 is 0 Å². The quantitative estimate of drug-likeness (QED) is 0.571. The first kappa shape index (κ1) is 20.2. The molecule has 150 valence electrons. The van der Waals surface area contributed by atoms with Gasteiger partial charge in [0.1, 0.15) is 0 Å². The fraction of sp³-hybridized carbons (Fsp3) is 0.435. The average molecular weight is 381 g/mol. The summed E-state index contributed by atoms with van der Waals surface area (Å²) in [6.07, 6.45) is 0. The van der Waals surface area contributed by atoms with Crippen molar-refractivity contribution in [3.8, 4) is 0 Å². The van der Waals surface area contributed by atoms with Gasteiger partial charge in [-0.25, -0.2) is 4.99 Å². The van der Waals surface area contributed by atoms with E-state index < -0.39 is 0 Å². The minimum atomic E-state index is 0.429. The van der Waals surface area contributed by atoms with Crippen LogP contribution in [0.3, 0.4) is 0 Å². The number of benzene rings is 2. The molecule has 1 unspecified atom stereocenters. The van der Waals surface area contributed by atoms with Gasteiger partial charge >= 0.3 is 0 Å². The summed E-state index contributed by atoms with van der Waals surface area (Å²) in [5.74, 6) is 1.29. The van der Waals surface area contributed by atoms with Crippen LogP contribution in [0.1, 0.15) is 30.9 Å². The van der Waals surface area contributed by atoms with Crippen LogP contribution in [0, 0.1) is 0 Å². The summed E-state index contributed by atoms with van der Waals surface area (Å²) < 4.78 is 5.43. The van der Waals surface area contributed by atoms with E-state index >= 15 is 0 Å². The molecule has 2 aromatic carbocycles. The molecule has 0 radical (unpaired) electrons. The summed E-state index contributed by atoms with van der Waals surface area (Å²) in [5.41, 5.74) is 3.81. The predicted octanol–water partition coefficient (Wildman–Crippen LogP) is 3.38. The average Bonchev–Trinajstić information content (AvgIpc) is 2.77. The monoisotopic (exact) mass is 380 g/mol. The molecule has 0 saturated carbocycles. The number of hydrogen-bond acceptors (Lipinski definition) is 3. The molecule has 0 spiro atoms. The maximum absolute atomic E-state index is 5.43. The van der Waals surface area contributed by atoms with Crippen LogP contribution in [0.5, 0.6) is 0 Å². The Bertz CT molecular complexity index is 724. The van der Waals surface area contributed by atoms with Gasteiger partial charge < -0.3 is 20.3 Å². The highest BCUT2D eigenvalue weighted by molar-refractivity contribution is 5.79. The van der Waals surface area contributed by atoms with Gasteiger partial charge in [-0.3, -0.25) is 0 Å². The molecule has 2 aromatic rings. The summed E-state index contributed by atoms with van der Waals surface area (Å²) in [6.45, 7) is 10.2. The van der Waals surface area contributed by atoms with E-state index in [2.05, 4.69) is 84.0 Å². The molecule has 0 aromatic heterocycles. The fourth-order valence-electron chi connectivity index (χ4n) is 3.30. The van der Waals surface area contributed by atoms with Gasteiger partial charge in [0.25, 0.3) is 0 Å². The summed E-state index contributed by atoms with van der Waals surface area (Å²) >= 11 is 0.